The van der Waals surface area contributed by atoms with Crippen LogP contribution in [0, 0.1) is 6.92 Å². The summed E-state index contributed by atoms with van der Waals surface area (Å²) in [4.78, 5) is 14.6. The molecule has 128 valence electrons. The maximum absolute atomic E-state index is 12.8. The maximum atomic E-state index is 12.8. The van der Waals surface area contributed by atoms with Gasteiger partial charge < -0.3 is 9.32 Å². The number of carbonyl (C=O) groups excluding carboxylic acids is 1. The Morgan fingerprint density at radius 2 is 2.04 bits per heavy atom. The van der Waals surface area contributed by atoms with Crippen LogP contribution in [0.3, 0.4) is 0 Å². The smallest absolute Gasteiger partial charge is 0.237 e. The van der Waals surface area contributed by atoms with E-state index in [1.54, 1.807) is 0 Å². The Balaban J connectivity index is 1.80. The predicted octanol–water partition coefficient (Wildman–Crippen LogP) is 3.87. The molecule has 5 rings (SSSR count). The van der Waals surface area contributed by atoms with Crippen LogP contribution in [0.1, 0.15) is 43.2 Å². The van der Waals surface area contributed by atoms with Crippen LogP contribution in [0.5, 0.6) is 0 Å². The summed E-state index contributed by atoms with van der Waals surface area (Å²) in [5, 5.41) is 8.66. The number of likely N-dealkylation sites (N-methyl/N-ethyl adjacent to an activating group) is 1. The van der Waals surface area contributed by atoms with Crippen LogP contribution >= 0.6 is 0 Å². The van der Waals surface area contributed by atoms with Gasteiger partial charge >= 0.3 is 0 Å². The number of rotatable bonds is 1. The van der Waals surface area contributed by atoms with E-state index in [9.17, 15) is 4.79 Å². The number of hydrogen-bond acceptors (Lipinski definition) is 3. The zero-order chi connectivity index (χ0) is 17.5. The van der Waals surface area contributed by atoms with Gasteiger partial charge in [-0.25, -0.2) is 0 Å². The van der Waals surface area contributed by atoms with E-state index in [0.717, 1.165) is 52.2 Å². The molecular formula is C20H21N3O2. The fraction of sp³-hybridized carbons (Fsp3) is 0.400. The van der Waals surface area contributed by atoms with E-state index in [2.05, 4.69) is 29.3 Å². The van der Waals surface area contributed by atoms with Crippen LogP contribution in [0.4, 0.5) is 5.69 Å². The summed E-state index contributed by atoms with van der Waals surface area (Å²) in [5.74, 6) is 1.05. The molecule has 0 unspecified atom stereocenters. The van der Waals surface area contributed by atoms with Gasteiger partial charge in [-0.1, -0.05) is 0 Å². The summed E-state index contributed by atoms with van der Waals surface area (Å²) in [7, 11) is 0. The minimum atomic E-state index is -0.513. The number of carbonyl (C=O) groups is 1. The van der Waals surface area contributed by atoms with Crippen molar-refractivity contribution in [1.82, 2.24) is 10.2 Å². The molecule has 5 heteroatoms. The number of aryl methyl sites for hydroxylation is 2. The van der Waals surface area contributed by atoms with E-state index < -0.39 is 5.41 Å². The van der Waals surface area contributed by atoms with E-state index in [1.807, 2.05) is 25.7 Å². The second-order valence-electron chi connectivity index (χ2n) is 7.63. The first-order valence-corrected chi connectivity index (χ1v) is 8.89. The maximum Gasteiger partial charge on any atom is 0.237 e. The highest BCUT2D eigenvalue weighted by molar-refractivity contribution is 6.10. The highest BCUT2D eigenvalue weighted by Gasteiger charge is 2.44. The molecule has 1 aliphatic carbocycles. The Kier molecular flexibility index (Phi) is 2.68. The van der Waals surface area contributed by atoms with Gasteiger partial charge in [-0.2, -0.15) is 5.10 Å². The third kappa shape index (κ3) is 1.68. The monoisotopic (exact) mass is 335 g/mol. The Hall–Kier alpha value is -2.56. The van der Waals surface area contributed by atoms with Crippen molar-refractivity contribution in [3.8, 4) is 11.5 Å². The molecule has 2 aromatic heterocycles. The van der Waals surface area contributed by atoms with Crippen LogP contribution < -0.4 is 4.90 Å². The molecule has 1 amide bonds. The molecule has 0 radical (unpaired) electrons. The summed E-state index contributed by atoms with van der Waals surface area (Å²) < 4.78 is 6.24. The van der Waals surface area contributed by atoms with E-state index in [1.165, 1.54) is 11.1 Å². The lowest BCUT2D eigenvalue weighted by molar-refractivity contribution is -0.122. The van der Waals surface area contributed by atoms with E-state index in [0.29, 0.717) is 6.54 Å². The van der Waals surface area contributed by atoms with Crippen LogP contribution in [0.25, 0.3) is 22.4 Å². The molecule has 25 heavy (non-hydrogen) atoms. The topological polar surface area (TPSA) is 62.1 Å². The van der Waals surface area contributed by atoms with E-state index in [-0.39, 0.29) is 5.91 Å². The lowest BCUT2D eigenvalue weighted by Crippen LogP contribution is -2.35. The Morgan fingerprint density at radius 1 is 1.28 bits per heavy atom. The lowest BCUT2D eigenvalue weighted by atomic mass is 9.85. The van der Waals surface area contributed by atoms with Crippen molar-refractivity contribution in [3.63, 3.8) is 0 Å². The average Bonchev–Trinajstić information content (AvgIpc) is 3.19. The minimum Gasteiger partial charge on any atom is -0.454 e. The van der Waals surface area contributed by atoms with Gasteiger partial charge in [-0.15, -0.1) is 0 Å². The fourth-order valence-electron chi connectivity index (χ4n) is 4.42. The second kappa shape index (κ2) is 4.54. The minimum absolute atomic E-state index is 0.164. The third-order valence-electron chi connectivity index (χ3n) is 5.88. The van der Waals surface area contributed by atoms with Gasteiger partial charge in [0.05, 0.1) is 5.41 Å². The van der Waals surface area contributed by atoms with Gasteiger partial charge in [0, 0.05) is 34.4 Å². The summed E-state index contributed by atoms with van der Waals surface area (Å²) in [5.41, 5.74) is 6.95. The van der Waals surface area contributed by atoms with Gasteiger partial charge in [0.15, 0.2) is 5.76 Å². The molecule has 0 spiro atoms. The summed E-state index contributed by atoms with van der Waals surface area (Å²) in [6.45, 7) is 8.75. The fourth-order valence-corrected chi connectivity index (χ4v) is 4.42. The van der Waals surface area contributed by atoms with Crippen molar-refractivity contribution in [3.05, 3.63) is 34.5 Å². The van der Waals surface area contributed by atoms with Gasteiger partial charge in [0.1, 0.15) is 11.3 Å². The van der Waals surface area contributed by atoms with Crippen LogP contribution in [0.2, 0.25) is 0 Å². The molecule has 1 aromatic carbocycles. The normalized spacial score (nSPS) is 17.8. The number of H-pyrrole nitrogens is 1. The quantitative estimate of drug-likeness (QED) is 0.734. The highest BCUT2D eigenvalue weighted by atomic mass is 16.3. The number of amides is 1. The molecule has 0 bridgehead atoms. The Labute approximate surface area is 146 Å². The van der Waals surface area contributed by atoms with Gasteiger partial charge in [-0.3, -0.25) is 9.89 Å². The van der Waals surface area contributed by atoms with Crippen molar-refractivity contribution in [2.24, 2.45) is 0 Å². The van der Waals surface area contributed by atoms with Crippen LogP contribution in [-0.2, 0) is 23.1 Å². The van der Waals surface area contributed by atoms with Crippen molar-refractivity contribution < 1.29 is 9.21 Å². The first-order valence-electron chi connectivity index (χ1n) is 8.89. The zero-order valence-electron chi connectivity index (χ0n) is 15.0. The van der Waals surface area contributed by atoms with Crippen molar-refractivity contribution in [2.75, 3.05) is 11.4 Å². The predicted molar refractivity (Wildman–Crippen MR) is 97.0 cm³/mol. The third-order valence-corrected chi connectivity index (χ3v) is 5.88. The molecule has 3 aromatic rings. The number of benzene rings is 1. The summed E-state index contributed by atoms with van der Waals surface area (Å²) in [6, 6.07) is 4.21. The first kappa shape index (κ1) is 14.8. The summed E-state index contributed by atoms with van der Waals surface area (Å²) in [6.07, 6.45) is 1.91. The molecule has 1 aliphatic heterocycles. The lowest BCUT2D eigenvalue weighted by Gasteiger charge is -2.18. The van der Waals surface area contributed by atoms with Gasteiger partial charge in [-0.05, 0) is 58.2 Å². The van der Waals surface area contributed by atoms with Crippen molar-refractivity contribution in [1.29, 1.82) is 0 Å². The van der Waals surface area contributed by atoms with Crippen LogP contribution in [0.15, 0.2) is 16.5 Å². The molecule has 0 saturated carbocycles. The largest absolute Gasteiger partial charge is 0.454 e. The van der Waals surface area contributed by atoms with Crippen molar-refractivity contribution >= 4 is 22.6 Å². The van der Waals surface area contributed by atoms with E-state index >= 15 is 0 Å². The van der Waals surface area contributed by atoms with Gasteiger partial charge in [0.2, 0.25) is 5.91 Å². The van der Waals surface area contributed by atoms with E-state index in [4.69, 9.17) is 4.42 Å². The molecule has 1 N–H and O–H groups in total. The Bertz CT molecular complexity index is 1050. The number of fused-ring (bicyclic) bond motifs is 6. The van der Waals surface area contributed by atoms with Gasteiger partial charge in [0.25, 0.3) is 0 Å². The first-order chi connectivity index (χ1) is 11.9. The molecule has 5 nitrogen and oxygen atoms in total. The average molecular weight is 335 g/mol. The molecule has 0 saturated heterocycles. The standard InChI is InChI=1S/C20H21N3O2/c1-5-23-15-8-13-12-7-6-11-10(2)21-22-17(11)18(12)25-16(13)9-14(15)20(3,4)19(23)24/h8-9H,5-7H2,1-4H3,(H,21,22). The molecular weight excluding hydrogens is 314 g/mol. The number of furan rings is 1. The molecule has 3 heterocycles. The SMILES string of the molecule is CCN1C(=O)C(C)(C)c2cc3oc4c(c3cc21)CCc1c-4n[nH]c1C. The molecule has 0 fully saturated rings. The van der Waals surface area contributed by atoms with Crippen molar-refractivity contribution in [2.45, 2.75) is 46.0 Å². The molecule has 0 atom stereocenters. The number of hydrogen-bond donors (Lipinski definition) is 1. The summed E-state index contributed by atoms with van der Waals surface area (Å²) >= 11 is 0. The highest BCUT2D eigenvalue weighted by Crippen LogP contribution is 2.47. The number of anilines is 1. The Morgan fingerprint density at radius 3 is 2.80 bits per heavy atom. The number of aromatic amines is 1. The second-order valence-corrected chi connectivity index (χ2v) is 7.63. The molecule has 2 aliphatic rings. The number of aromatic nitrogens is 2. The van der Waals surface area contributed by atoms with Crippen LogP contribution in [-0.4, -0.2) is 22.6 Å². The zero-order valence-corrected chi connectivity index (χ0v) is 15.0. The number of nitrogens with one attached hydrogen (secondary N) is 1. The number of nitrogens with zero attached hydrogens (tertiary/aromatic N) is 2.